The van der Waals surface area contributed by atoms with Crippen molar-refractivity contribution in [1.82, 2.24) is 0 Å². The standard InChI is InChI=1S/C11H13FO4S/c1-8(11(13)14)6-17(15,16)7-9-3-2-4-10(12)5-9/h2-5,8H,6-7H2,1H3,(H,13,14). The number of hydrogen-bond donors (Lipinski definition) is 1. The van der Waals surface area contributed by atoms with Crippen LogP contribution in [0.3, 0.4) is 0 Å². The summed E-state index contributed by atoms with van der Waals surface area (Å²) in [6, 6.07) is 5.26. The Balaban J connectivity index is 2.77. The van der Waals surface area contributed by atoms with Gasteiger partial charge in [0.05, 0.1) is 17.4 Å². The van der Waals surface area contributed by atoms with Gasteiger partial charge in [-0.15, -0.1) is 0 Å². The number of carboxylic acids is 1. The fraction of sp³-hybridized carbons (Fsp3) is 0.364. The Labute approximate surface area is 99.0 Å². The molecule has 0 spiro atoms. The Morgan fingerprint density at radius 2 is 2.12 bits per heavy atom. The van der Waals surface area contributed by atoms with Gasteiger partial charge in [-0.25, -0.2) is 12.8 Å². The molecule has 1 unspecified atom stereocenters. The minimum absolute atomic E-state index is 0.322. The van der Waals surface area contributed by atoms with E-state index >= 15 is 0 Å². The molecule has 0 fully saturated rings. The summed E-state index contributed by atoms with van der Waals surface area (Å²) in [5.41, 5.74) is 0.322. The van der Waals surface area contributed by atoms with Crippen molar-refractivity contribution < 1.29 is 22.7 Å². The molecule has 0 radical (unpaired) electrons. The summed E-state index contributed by atoms with van der Waals surface area (Å²) in [5, 5.41) is 8.63. The molecule has 0 aliphatic rings. The van der Waals surface area contributed by atoms with Gasteiger partial charge in [0, 0.05) is 0 Å². The topological polar surface area (TPSA) is 71.4 Å². The Kier molecular flexibility index (Phi) is 4.22. The van der Waals surface area contributed by atoms with Gasteiger partial charge in [-0.1, -0.05) is 19.1 Å². The van der Waals surface area contributed by atoms with Crippen molar-refractivity contribution in [3.05, 3.63) is 35.6 Å². The molecule has 1 rings (SSSR count). The Morgan fingerprint density at radius 3 is 2.65 bits per heavy atom. The largest absolute Gasteiger partial charge is 0.481 e. The van der Waals surface area contributed by atoms with Crippen molar-refractivity contribution in [2.75, 3.05) is 5.75 Å². The fourth-order valence-electron chi connectivity index (χ4n) is 1.39. The molecule has 1 N–H and O–H groups in total. The van der Waals surface area contributed by atoms with Crippen LogP contribution in [0.25, 0.3) is 0 Å². The lowest BCUT2D eigenvalue weighted by molar-refractivity contribution is -0.140. The lowest BCUT2D eigenvalue weighted by atomic mass is 10.2. The molecule has 0 aliphatic heterocycles. The minimum atomic E-state index is -3.54. The first kappa shape index (κ1) is 13.6. The highest BCUT2D eigenvalue weighted by atomic mass is 32.2. The predicted molar refractivity (Wildman–Crippen MR) is 60.7 cm³/mol. The van der Waals surface area contributed by atoms with Crippen molar-refractivity contribution in [2.45, 2.75) is 12.7 Å². The van der Waals surface area contributed by atoms with Gasteiger partial charge < -0.3 is 5.11 Å². The van der Waals surface area contributed by atoms with Gasteiger partial charge in [0.15, 0.2) is 9.84 Å². The van der Waals surface area contributed by atoms with Crippen LogP contribution in [0.1, 0.15) is 12.5 Å². The average Bonchev–Trinajstić information content (AvgIpc) is 2.15. The van der Waals surface area contributed by atoms with Gasteiger partial charge in [0.1, 0.15) is 5.82 Å². The molecule has 6 heteroatoms. The van der Waals surface area contributed by atoms with E-state index in [1.165, 1.54) is 25.1 Å². The second-order valence-electron chi connectivity index (χ2n) is 3.92. The van der Waals surface area contributed by atoms with Crippen molar-refractivity contribution in [2.24, 2.45) is 5.92 Å². The van der Waals surface area contributed by atoms with Crippen LogP contribution in [0, 0.1) is 11.7 Å². The Bertz CT molecular complexity index is 510. The molecule has 0 amide bonds. The van der Waals surface area contributed by atoms with Crippen LogP contribution < -0.4 is 0 Å². The highest BCUT2D eigenvalue weighted by Gasteiger charge is 2.21. The first-order valence-corrected chi connectivity index (χ1v) is 6.80. The normalized spacial score (nSPS) is 13.3. The molecule has 0 saturated heterocycles. The Hall–Kier alpha value is -1.43. The Morgan fingerprint density at radius 1 is 1.47 bits per heavy atom. The summed E-state index contributed by atoms with van der Waals surface area (Å²) in [6.07, 6.45) is 0. The summed E-state index contributed by atoms with van der Waals surface area (Å²) in [5.74, 6) is -3.42. The van der Waals surface area contributed by atoms with Crippen LogP contribution in [0.5, 0.6) is 0 Å². The van der Waals surface area contributed by atoms with Crippen LogP contribution in [0.15, 0.2) is 24.3 Å². The first-order chi connectivity index (χ1) is 7.80. The van der Waals surface area contributed by atoms with E-state index in [2.05, 4.69) is 0 Å². The molecule has 17 heavy (non-hydrogen) atoms. The maximum atomic E-state index is 12.8. The molecular formula is C11H13FO4S. The lowest BCUT2D eigenvalue weighted by Gasteiger charge is -2.07. The van der Waals surface area contributed by atoms with E-state index in [0.717, 1.165) is 6.07 Å². The molecule has 1 aromatic carbocycles. The fourth-order valence-corrected chi connectivity index (χ4v) is 3.10. The monoisotopic (exact) mass is 260 g/mol. The second-order valence-corrected chi connectivity index (χ2v) is 6.03. The first-order valence-electron chi connectivity index (χ1n) is 4.98. The molecular weight excluding hydrogens is 247 g/mol. The van der Waals surface area contributed by atoms with E-state index in [0.29, 0.717) is 5.56 Å². The summed E-state index contributed by atoms with van der Waals surface area (Å²) in [4.78, 5) is 10.6. The van der Waals surface area contributed by atoms with Gasteiger partial charge in [0.2, 0.25) is 0 Å². The maximum Gasteiger partial charge on any atom is 0.307 e. The van der Waals surface area contributed by atoms with Crippen LogP contribution in [0.2, 0.25) is 0 Å². The van der Waals surface area contributed by atoms with Crippen LogP contribution >= 0.6 is 0 Å². The molecule has 94 valence electrons. The van der Waals surface area contributed by atoms with E-state index in [1.54, 1.807) is 0 Å². The third-order valence-corrected chi connectivity index (χ3v) is 3.98. The molecule has 0 aromatic heterocycles. The lowest BCUT2D eigenvalue weighted by Crippen LogP contribution is -2.22. The quantitative estimate of drug-likeness (QED) is 0.870. The summed E-state index contributed by atoms with van der Waals surface area (Å²) in [7, 11) is -3.54. The highest BCUT2D eigenvalue weighted by molar-refractivity contribution is 7.90. The summed E-state index contributed by atoms with van der Waals surface area (Å²) in [6.45, 7) is 1.32. The van der Waals surface area contributed by atoms with Gasteiger partial charge in [-0.05, 0) is 17.7 Å². The van der Waals surface area contributed by atoms with Gasteiger partial charge >= 0.3 is 5.97 Å². The number of sulfone groups is 1. The number of carboxylic acid groups (broad SMARTS) is 1. The number of halogens is 1. The zero-order valence-corrected chi connectivity index (χ0v) is 10.1. The van der Waals surface area contributed by atoms with Gasteiger partial charge in [0.25, 0.3) is 0 Å². The smallest absolute Gasteiger partial charge is 0.307 e. The van der Waals surface area contributed by atoms with E-state index in [9.17, 15) is 17.6 Å². The number of carbonyl (C=O) groups is 1. The summed E-state index contributed by atoms with van der Waals surface area (Å²) < 4.78 is 36.1. The average molecular weight is 260 g/mol. The molecule has 0 heterocycles. The maximum absolute atomic E-state index is 12.8. The number of hydrogen-bond acceptors (Lipinski definition) is 3. The van der Waals surface area contributed by atoms with Crippen molar-refractivity contribution in [1.29, 1.82) is 0 Å². The van der Waals surface area contributed by atoms with Crippen LogP contribution in [-0.2, 0) is 20.4 Å². The molecule has 4 nitrogen and oxygen atoms in total. The van der Waals surface area contributed by atoms with E-state index in [4.69, 9.17) is 5.11 Å². The van der Waals surface area contributed by atoms with Crippen LogP contribution in [-0.4, -0.2) is 25.2 Å². The predicted octanol–water partition coefficient (Wildman–Crippen LogP) is 1.46. The van der Waals surface area contributed by atoms with E-state index < -0.39 is 33.3 Å². The van der Waals surface area contributed by atoms with Gasteiger partial charge in [-0.2, -0.15) is 0 Å². The highest BCUT2D eigenvalue weighted by Crippen LogP contribution is 2.11. The second kappa shape index (κ2) is 5.27. The zero-order chi connectivity index (χ0) is 13.1. The van der Waals surface area contributed by atoms with Crippen LogP contribution in [0.4, 0.5) is 4.39 Å². The van der Waals surface area contributed by atoms with Crippen molar-refractivity contribution in [3.63, 3.8) is 0 Å². The van der Waals surface area contributed by atoms with E-state index in [1.807, 2.05) is 0 Å². The molecule has 1 atom stereocenters. The molecule has 0 aliphatic carbocycles. The molecule has 0 saturated carbocycles. The SMILES string of the molecule is CC(CS(=O)(=O)Cc1cccc(F)c1)C(=O)O. The van der Waals surface area contributed by atoms with Crippen molar-refractivity contribution in [3.8, 4) is 0 Å². The third-order valence-electron chi connectivity index (χ3n) is 2.20. The van der Waals surface area contributed by atoms with E-state index in [-0.39, 0.29) is 5.75 Å². The van der Waals surface area contributed by atoms with Gasteiger partial charge in [-0.3, -0.25) is 4.79 Å². The number of rotatable bonds is 5. The third kappa shape index (κ3) is 4.52. The number of aliphatic carboxylic acids is 1. The summed E-state index contributed by atoms with van der Waals surface area (Å²) >= 11 is 0. The minimum Gasteiger partial charge on any atom is -0.481 e. The van der Waals surface area contributed by atoms with Crippen molar-refractivity contribution >= 4 is 15.8 Å². The molecule has 1 aromatic rings. The number of benzene rings is 1. The zero-order valence-electron chi connectivity index (χ0n) is 9.26. The molecule has 0 bridgehead atoms.